The van der Waals surface area contributed by atoms with Gasteiger partial charge in [-0.3, -0.25) is 14.5 Å². The summed E-state index contributed by atoms with van der Waals surface area (Å²) in [4.78, 5) is 27.9. The molecule has 1 saturated heterocycles. The molecule has 0 radical (unpaired) electrons. The van der Waals surface area contributed by atoms with Crippen molar-refractivity contribution in [1.29, 1.82) is 0 Å². The lowest BCUT2D eigenvalue weighted by atomic mass is 10.1. The van der Waals surface area contributed by atoms with Crippen LogP contribution in [0.25, 0.3) is 10.8 Å². The van der Waals surface area contributed by atoms with Gasteiger partial charge < -0.3 is 14.6 Å². The summed E-state index contributed by atoms with van der Waals surface area (Å²) in [6.45, 7) is 5.74. The van der Waals surface area contributed by atoms with E-state index in [1.54, 1.807) is 23.9 Å². The molecule has 1 amide bonds. The van der Waals surface area contributed by atoms with Gasteiger partial charge in [0.1, 0.15) is 0 Å². The first-order valence-corrected chi connectivity index (χ1v) is 9.29. The van der Waals surface area contributed by atoms with Crippen LogP contribution in [0, 0.1) is 0 Å². The molecular formula is C20H27N3O3. The Bertz CT molecular complexity index is 831. The molecule has 1 N–H and O–H groups in total. The lowest BCUT2D eigenvalue weighted by Gasteiger charge is -2.23. The molecule has 1 atom stereocenters. The Balaban J connectivity index is 1.86. The van der Waals surface area contributed by atoms with Crippen molar-refractivity contribution in [2.24, 2.45) is 0 Å². The van der Waals surface area contributed by atoms with Gasteiger partial charge in [0.25, 0.3) is 11.5 Å². The number of rotatable bonds is 7. The van der Waals surface area contributed by atoms with Gasteiger partial charge in [-0.05, 0) is 32.0 Å². The number of hydrogen-bond donors (Lipinski definition) is 1. The van der Waals surface area contributed by atoms with Crippen LogP contribution in [-0.4, -0.2) is 54.8 Å². The summed E-state index contributed by atoms with van der Waals surface area (Å²) >= 11 is 0. The van der Waals surface area contributed by atoms with Gasteiger partial charge in [-0.25, -0.2) is 0 Å². The van der Waals surface area contributed by atoms with Gasteiger partial charge in [-0.15, -0.1) is 0 Å². The molecule has 1 aromatic heterocycles. The van der Waals surface area contributed by atoms with Crippen LogP contribution >= 0.6 is 0 Å². The fraction of sp³-hybridized carbons (Fsp3) is 0.500. The van der Waals surface area contributed by atoms with Gasteiger partial charge in [0.05, 0.1) is 12.2 Å². The molecule has 1 aliphatic rings. The zero-order valence-electron chi connectivity index (χ0n) is 15.5. The first kappa shape index (κ1) is 18.6. The molecule has 3 rings (SSSR count). The predicted octanol–water partition coefficient (Wildman–Crippen LogP) is 1.86. The maximum absolute atomic E-state index is 12.9. The average Bonchev–Trinajstić information content (AvgIpc) is 3.13. The van der Waals surface area contributed by atoms with Crippen molar-refractivity contribution < 1.29 is 9.53 Å². The zero-order chi connectivity index (χ0) is 18.5. The Morgan fingerprint density at radius 1 is 1.31 bits per heavy atom. The van der Waals surface area contributed by atoms with Crippen molar-refractivity contribution in [1.82, 2.24) is 14.8 Å². The van der Waals surface area contributed by atoms with Gasteiger partial charge >= 0.3 is 0 Å². The van der Waals surface area contributed by atoms with Crippen LogP contribution in [0.3, 0.4) is 0 Å². The number of carbonyl (C=O) groups excluding carboxylic acids is 1. The van der Waals surface area contributed by atoms with Crippen molar-refractivity contribution in [2.45, 2.75) is 32.4 Å². The second-order valence-electron chi connectivity index (χ2n) is 6.71. The van der Waals surface area contributed by atoms with E-state index < -0.39 is 0 Å². The van der Waals surface area contributed by atoms with Crippen LogP contribution in [0.2, 0.25) is 0 Å². The number of ether oxygens (including phenoxy) is 1. The highest BCUT2D eigenvalue weighted by molar-refractivity contribution is 6.06. The number of nitrogens with zero attached hydrogens (tertiary/aromatic N) is 2. The smallest absolute Gasteiger partial charge is 0.258 e. The first-order chi connectivity index (χ1) is 12.7. The van der Waals surface area contributed by atoms with E-state index in [1.165, 1.54) is 6.42 Å². The predicted molar refractivity (Wildman–Crippen MR) is 103 cm³/mol. The number of pyridine rings is 1. The molecule has 2 aromatic rings. The number of hydrogen-bond acceptors (Lipinski definition) is 4. The van der Waals surface area contributed by atoms with E-state index in [0.29, 0.717) is 42.1 Å². The Hall–Kier alpha value is -2.18. The van der Waals surface area contributed by atoms with Crippen LogP contribution in [0.1, 0.15) is 30.1 Å². The molecule has 0 aliphatic carbocycles. The molecule has 0 bridgehead atoms. The SMILES string of the molecule is CCN1CCC[C@H]1CNC(=O)c1cn(CCOC)c(=O)c2ccccc12. The Morgan fingerprint density at radius 2 is 2.08 bits per heavy atom. The number of benzene rings is 1. The summed E-state index contributed by atoms with van der Waals surface area (Å²) in [5.74, 6) is -0.129. The van der Waals surface area contributed by atoms with Crippen LogP contribution in [0.4, 0.5) is 0 Å². The summed E-state index contributed by atoms with van der Waals surface area (Å²) in [5.41, 5.74) is 0.444. The van der Waals surface area contributed by atoms with Crippen molar-refractivity contribution in [2.75, 3.05) is 33.4 Å². The maximum Gasteiger partial charge on any atom is 0.258 e. The van der Waals surface area contributed by atoms with Crippen LogP contribution < -0.4 is 10.9 Å². The Morgan fingerprint density at radius 3 is 2.81 bits per heavy atom. The minimum Gasteiger partial charge on any atom is -0.383 e. The highest BCUT2D eigenvalue weighted by Gasteiger charge is 2.24. The number of likely N-dealkylation sites (N-methyl/N-ethyl adjacent to an activating group) is 1. The van der Waals surface area contributed by atoms with Crippen LogP contribution in [0.15, 0.2) is 35.3 Å². The molecule has 26 heavy (non-hydrogen) atoms. The number of methoxy groups -OCH3 is 1. The monoisotopic (exact) mass is 357 g/mol. The fourth-order valence-corrected chi connectivity index (χ4v) is 3.73. The van der Waals surface area contributed by atoms with E-state index in [0.717, 1.165) is 19.5 Å². The second-order valence-corrected chi connectivity index (χ2v) is 6.71. The van der Waals surface area contributed by atoms with Gasteiger partial charge in [0, 0.05) is 43.2 Å². The van der Waals surface area contributed by atoms with Gasteiger partial charge in [0.15, 0.2) is 0 Å². The molecule has 1 aromatic carbocycles. The van der Waals surface area contributed by atoms with Crippen LogP contribution in [-0.2, 0) is 11.3 Å². The molecular weight excluding hydrogens is 330 g/mol. The summed E-state index contributed by atoms with van der Waals surface area (Å²) in [6.07, 6.45) is 3.95. The maximum atomic E-state index is 12.9. The van der Waals surface area contributed by atoms with E-state index in [1.807, 2.05) is 18.2 Å². The Kier molecular flexibility index (Phi) is 6.06. The molecule has 1 aliphatic heterocycles. The molecule has 0 unspecified atom stereocenters. The molecule has 0 saturated carbocycles. The molecule has 2 heterocycles. The molecule has 0 spiro atoms. The summed E-state index contributed by atoms with van der Waals surface area (Å²) in [5, 5.41) is 4.33. The molecule has 1 fully saturated rings. The van der Waals surface area contributed by atoms with Gasteiger partial charge in [0.2, 0.25) is 0 Å². The normalized spacial score (nSPS) is 17.7. The average molecular weight is 357 g/mol. The zero-order valence-corrected chi connectivity index (χ0v) is 15.5. The third-order valence-corrected chi connectivity index (χ3v) is 5.18. The minimum atomic E-state index is -0.129. The number of fused-ring (bicyclic) bond motifs is 1. The van der Waals surface area contributed by atoms with Crippen molar-refractivity contribution in [3.8, 4) is 0 Å². The number of aromatic nitrogens is 1. The lowest BCUT2D eigenvalue weighted by molar-refractivity contribution is 0.0942. The van der Waals surface area contributed by atoms with Gasteiger partial charge in [-0.2, -0.15) is 0 Å². The fourth-order valence-electron chi connectivity index (χ4n) is 3.73. The van der Waals surface area contributed by atoms with E-state index in [-0.39, 0.29) is 11.5 Å². The number of nitrogens with one attached hydrogen (secondary N) is 1. The van der Waals surface area contributed by atoms with Crippen molar-refractivity contribution in [3.05, 3.63) is 46.4 Å². The minimum absolute atomic E-state index is 0.0952. The largest absolute Gasteiger partial charge is 0.383 e. The van der Waals surface area contributed by atoms with E-state index in [4.69, 9.17) is 4.74 Å². The Labute approximate surface area is 153 Å². The third-order valence-electron chi connectivity index (χ3n) is 5.18. The summed E-state index contributed by atoms with van der Waals surface area (Å²) < 4.78 is 6.65. The highest BCUT2D eigenvalue weighted by Crippen LogP contribution is 2.18. The first-order valence-electron chi connectivity index (χ1n) is 9.29. The molecule has 140 valence electrons. The topological polar surface area (TPSA) is 63.6 Å². The standard InChI is InChI=1S/C20H27N3O3/c1-3-22-10-6-7-15(22)13-21-19(24)18-14-23(11-12-26-2)20(25)17-9-5-4-8-16(17)18/h4-5,8-9,14-15H,3,6-7,10-13H2,1-2H3,(H,21,24)/t15-/m0/s1. The van der Waals surface area contributed by atoms with Crippen LogP contribution in [0.5, 0.6) is 0 Å². The summed E-state index contributed by atoms with van der Waals surface area (Å²) in [7, 11) is 1.60. The second kappa shape index (κ2) is 8.47. The number of amides is 1. The third kappa shape index (κ3) is 3.81. The number of likely N-dealkylation sites (tertiary alicyclic amines) is 1. The number of carbonyl (C=O) groups is 1. The van der Waals surface area contributed by atoms with E-state index in [9.17, 15) is 9.59 Å². The quantitative estimate of drug-likeness (QED) is 0.822. The van der Waals surface area contributed by atoms with E-state index >= 15 is 0 Å². The van der Waals surface area contributed by atoms with Crippen molar-refractivity contribution >= 4 is 16.7 Å². The molecule has 6 heteroatoms. The lowest BCUT2D eigenvalue weighted by Crippen LogP contribution is -2.40. The van der Waals surface area contributed by atoms with Gasteiger partial charge in [-0.1, -0.05) is 25.1 Å². The van der Waals surface area contributed by atoms with Crippen molar-refractivity contribution in [3.63, 3.8) is 0 Å². The molecule has 6 nitrogen and oxygen atoms in total. The summed E-state index contributed by atoms with van der Waals surface area (Å²) in [6, 6.07) is 7.68. The highest BCUT2D eigenvalue weighted by atomic mass is 16.5. The van der Waals surface area contributed by atoms with E-state index in [2.05, 4.69) is 17.1 Å².